The second-order valence-corrected chi connectivity index (χ2v) is 7.21. The lowest BCUT2D eigenvalue weighted by Crippen LogP contribution is -2.01. The number of hydrogen-bond acceptors (Lipinski definition) is 3. The van der Waals surface area contributed by atoms with E-state index in [9.17, 15) is 9.90 Å². The summed E-state index contributed by atoms with van der Waals surface area (Å²) in [6.45, 7) is 0. The lowest BCUT2D eigenvalue weighted by Gasteiger charge is -2.08. The third kappa shape index (κ3) is 3.97. The summed E-state index contributed by atoms with van der Waals surface area (Å²) in [6, 6.07) is 27.3. The lowest BCUT2D eigenvalue weighted by molar-refractivity contribution is -0.136. The minimum absolute atomic E-state index is 0.00860. The van der Waals surface area contributed by atoms with Gasteiger partial charge in [-0.1, -0.05) is 48.5 Å². The first-order valence-electron chi connectivity index (χ1n) is 8.91. The van der Waals surface area contributed by atoms with Gasteiger partial charge >= 0.3 is 5.97 Å². The predicted octanol–water partition coefficient (Wildman–Crippen LogP) is 6.50. The number of benzene rings is 3. The zero-order valence-electron chi connectivity index (χ0n) is 15.0. The SMILES string of the molecule is O=C(O)Cc1c(-c2ccccc2)csc1-c1ccc(Oc2ccccc2)cc1. The van der Waals surface area contributed by atoms with Gasteiger partial charge in [0, 0.05) is 4.88 Å². The van der Waals surface area contributed by atoms with E-state index in [4.69, 9.17) is 4.74 Å². The van der Waals surface area contributed by atoms with Crippen molar-refractivity contribution in [3.63, 3.8) is 0 Å². The van der Waals surface area contributed by atoms with E-state index in [0.717, 1.165) is 38.6 Å². The second kappa shape index (κ2) is 8.11. The van der Waals surface area contributed by atoms with Gasteiger partial charge in [-0.2, -0.15) is 0 Å². The molecule has 138 valence electrons. The maximum Gasteiger partial charge on any atom is 0.307 e. The van der Waals surface area contributed by atoms with Crippen LogP contribution in [0.15, 0.2) is 90.3 Å². The average molecular weight is 386 g/mol. The van der Waals surface area contributed by atoms with Crippen LogP contribution in [-0.2, 0) is 11.2 Å². The van der Waals surface area contributed by atoms with Crippen molar-refractivity contribution in [2.24, 2.45) is 0 Å². The molecule has 4 aromatic rings. The van der Waals surface area contributed by atoms with Gasteiger partial charge in [-0.3, -0.25) is 4.79 Å². The monoisotopic (exact) mass is 386 g/mol. The number of para-hydroxylation sites is 1. The van der Waals surface area contributed by atoms with Crippen molar-refractivity contribution in [1.29, 1.82) is 0 Å². The highest BCUT2D eigenvalue weighted by molar-refractivity contribution is 7.14. The first-order valence-corrected chi connectivity index (χ1v) is 9.79. The van der Waals surface area contributed by atoms with E-state index in [-0.39, 0.29) is 6.42 Å². The zero-order valence-corrected chi connectivity index (χ0v) is 15.9. The van der Waals surface area contributed by atoms with Gasteiger partial charge in [0.1, 0.15) is 11.5 Å². The van der Waals surface area contributed by atoms with Crippen LogP contribution in [0, 0.1) is 0 Å². The Kier molecular flexibility index (Phi) is 5.22. The molecule has 3 nitrogen and oxygen atoms in total. The Balaban J connectivity index is 1.67. The van der Waals surface area contributed by atoms with E-state index in [1.54, 1.807) is 11.3 Å². The Labute approximate surface area is 167 Å². The smallest absolute Gasteiger partial charge is 0.307 e. The molecule has 4 rings (SSSR count). The van der Waals surface area contributed by atoms with Crippen LogP contribution in [0.2, 0.25) is 0 Å². The Hall–Kier alpha value is -3.37. The molecule has 0 aliphatic rings. The molecule has 0 saturated carbocycles. The van der Waals surface area contributed by atoms with Crippen molar-refractivity contribution in [2.75, 3.05) is 0 Å². The molecule has 0 amide bonds. The largest absolute Gasteiger partial charge is 0.481 e. The summed E-state index contributed by atoms with van der Waals surface area (Å²) in [4.78, 5) is 12.5. The van der Waals surface area contributed by atoms with Crippen LogP contribution in [0.3, 0.4) is 0 Å². The predicted molar refractivity (Wildman–Crippen MR) is 113 cm³/mol. The lowest BCUT2D eigenvalue weighted by atomic mass is 9.98. The van der Waals surface area contributed by atoms with Gasteiger partial charge in [0.2, 0.25) is 0 Å². The third-order valence-electron chi connectivity index (χ3n) is 4.40. The van der Waals surface area contributed by atoms with Gasteiger partial charge in [-0.25, -0.2) is 0 Å². The fourth-order valence-electron chi connectivity index (χ4n) is 3.11. The molecule has 4 heteroatoms. The molecule has 28 heavy (non-hydrogen) atoms. The van der Waals surface area contributed by atoms with E-state index in [1.807, 2.05) is 90.3 Å². The molecule has 0 unspecified atom stereocenters. The standard InChI is InChI=1S/C24H18O3S/c25-23(26)15-21-22(17-7-3-1-4-8-17)16-28-24(21)18-11-13-20(14-12-18)27-19-9-5-2-6-10-19/h1-14,16H,15H2,(H,25,26). The van der Waals surface area contributed by atoms with Crippen LogP contribution < -0.4 is 4.74 Å². The third-order valence-corrected chi connectivity index (χ3v) is 5.47. The first-order chi connectivity index (χ1) is 13.7. The Morgan fingerprint density at radius 2 is 1.39 bits per heavy atom. The average Bonchev–Trinajstić information content (AvgIpc) is 3.13. The molecule has 0 aliphatic carbocycles. The quantitative estimate of drug-likeness (QED) is 0.411. The van der Waals surface area contributed by atoms with Crippen LogP contribution >= 0.6 is 11.3 Å². The number of carboxylic acid groups (broad SMARTS) is 1. The molecule has 3 aromatic carbocycles. The summed E-state index contributed by atoms with van der Waals surface area (Å²) in [5.74, 6) is 0.694. The van der Waals surface area contributed by atoms with E-state index in [1.165, 1.54) is 0 Å². The number of ether oxygens (including phenoxy) is 1. The van der Waals surface area contributed by atoms with Crippen LogP contribution in [0.25, 0.3) is 21.6 Å². The summed E-state index contributed by atoms with van der Waals surface area (Å²) >= 11 is 1.57. The molecule has 0 bridgehead atoms. The first kappa shape index (κ1) is 18.0. The van der Waals surface area contributed by atoms with Crippen LogP contribution in [0.4, 0.5) is 0 Å². The molecule has 0 atom stereocenters. The Bertz CT molecular complexity index is 1070. The highest BCUT2D eigenvalue weighted by Crippen LogP contribution is 2.39. The molecule has 1 aromatic heterocycles. The van der Waals surface area contributed by atoms with Crippen molar-refractivity contribution in [2.45, 2.75) is 6.42 Å². The van der Waals surface area contributed by atoms with Gasteiger partial charge in [-0.05, 0) is 64.0 Å². The number of hydrogen-bond donors (Lipinski definition) is 1. The molecule has 1 heterocycles. The van der Waals surface area contributed by atoms with E-state index < -0.39 is 5.97 Å². The van der Waals surface area contributed by atoms with Gasteiger partial charge in [0.05, 0.1) is 6.42 Å². The Morgan fingerprint density at radius 3 is 2.04 bits per heavy atom. The highest BCUT2D eigenvalue weighted by Gasteiger charge is 2.17. The zero-order chi connectivity index (χ0) is 19.3. The number of rotatable bonds is 6. The summed E-state index contributed by atoms with van der Waals surface area (Å²) < 4.78 is 5.85. The fraction of sp³-hybridized carbons (Fsp3) is 0.0417. The summed E-state index contributed by atoms with van der Waals surface area (Å²) in [5, 5.41) is 11.5. The van der Waals surface area contributed by atoms with E-state index >= 15 is 0 Å². The number of thiophene rings is 1. The van der Waals surface area contributed by atoms with Crippen LogP contribution in [0.5, 0.6) is 11.5 Å². The van der Waals surface area contributed by atoms with Gasteiger partial charge in [-0.15, -0.1) is 11.3 Å². The summed E-state index contributed by atoms with van der Waals surface area (Å²) in [5.41, 5.74) is 3.85. The molecule has 0 saturated heterocycles. The number of carboxylic acids is 1. The molecule has 0 aliphatic heterocycles. The topological polar surface area (TPSA) is 46.5 Å². The van der Waals surface area contributed by atoms with Crippen molar-refractivity contribution in [1.82, 2.24) is 0 Å². The molecule has 0 fully saturated rings. The van der Waals surface area contributed by atoms with Gasteiger partial charge < -0.3 is 9.84 Å². The molecule has 1 N–H and O–H groups in total. The number of aliphatic carboxylic acids is 1. The second-order valence-electron chi connectivity index (χ2n) is 6.33. The molecule has 0 spiro atoms. The van der Waals surface area contributed by atoms with Gasteiger partial charge in [0.15, 0.2) is 0 Å². The van der Waals surface area contributed by atoms with Crippen LogP contribution in [0.1, 0.15) is 5.56 Å². The fourth-order valence-corrected chi connectivity index (χ4v) is 4.22. The normalized spacial score (nSPS) is 10.6. The van der Waals surface area contributed by atoms with E-state index in [2.05, 4.69) is 0 Å². The minimum Gasteiger partial charge on any atom is -0.481 e. The van der Waals surface area contributed by atoms with E-state index in [0.29, 0.717) is 0 Å². The molecular weight excluding hydrogens is 368 g/mol. The van der Waals surface area contributed by atoms with Crippen molar-refractivity contribution in [3.8, 4) is 33.1 Å². The highest BCUT2D eigenvalue weighted by atomic mass is 32.1. The van der Waals surface area contributed by atoms with Crippen molar-refractivity contribution in [3.05, 3.63) is 95.9 Å². The Morgan fingerprint density at radius 1 is 0.786 bits per heavy atom. The van der Waals surface area contributed by atoms with Crippen LogP contribution in [-0.4, -0.2) is 11.1 Å². The maximum absolute atomic E-state index is 11.5. The van der Waals surface area contributed by atoms with Crippen molar-refractivity contribution >= 4 is 17.3 Å². The maximum atomic E-state index is 11.5. The molecular formula is C24H18O3S. The number of carbonyl (C=O) groups is 1. The van der Waals surface area contributed by atoms with Crippen molar-refractivity contribution < 1.29 is 14.6 Å². The molecule has 0 radical (unpaired) electrons. The van der Waals surface area contributed by atoms with Gasteiger partial charge in [0.25, 0.3) is 0 Å². The summed E-state index contributed by atoms with van der Waals surface area (Å²) in [7, 11) is 0. The minimum atomic E-state index is -0.833. The summed E-state index contributed by atoms with van der Waals surface area (Å²) in [6.07, 6.45) is -0.00860.